The number of hydrogen-bond acceptors (Lipinski definition) is 4. The SMILES string of the molecule is NCCNC(=O)C1CCCN(S(=O)(=O)c2ccc3c(c2)CCCC3)C1. The fourth-order valence-corrected chi connectivity index (χ4v) is 5.31. The van der Waals surface area contributed by atoms with Gasteiger partial charge in [0.25, 0.3) is 0 Å². The van der Waals surface area contributed by atoms with Crippen LogP contribution in [0.3, 0.4) is 0 Å². The second-order valence-electron chi connectivity index (χ2n) is 6.92. The number of nitrogens with two attached hydrogens (primary N) is 1. The third-order valence-electron chi connectivity index (χ3n) is 5.16. The Morgan fingerprint density at radius 3 is 2.72 bits per heavy atom. The Kier molecular flexibility index (Phi) is 5.76. The molecule has 0 saturated carbocycles. The molecule has 1 unspecified atom stereocenters. The van der Waals surface area contributed by atoms with Crippen molar-refractivity contribution in [1.82, 2.24) is 9.62 Å². The van der Waals surface area contributed by atoms with Gasteiger partial charge in [-0.15, -0.1) is 0 Å². The van der Waals surface area contributed by atoms with Gasteiger partial charge in [0.15, 0.2) is 0 Å². The van der Waals surface area contributed by atoms with Crippen LogP contribution in [-0.2, 0) is 27.7 Å². The molecule has 0 aromatic heterocycles. The van der Waals surface area contributed by atoms with E-state index in [1.807, 2.05) is 12.1 Å². The van der Waals surface area contributed by atoms with E-state index >= 15 is 0 Å². The summed E-state index contributed by atoms with van der Waals surface area (Å²) in [4.78, 5) is 12.5. The van der Waals surface area contributed by atoms with Gasteiger partial charge in [-0.2, -0.15) is 4.31 Å². The van der Waals surface area contributed by atoms with Gasteiger partial charge >= 0.3 is 0 Å². The fraction of sp³-hybridized carbons (Fsp3) is 0.611. The van der Waals surface area contributed by atoms with Crippen LogP contribution in [0.25, 0.3) is 0 Å². The minimum absolute atomic E-state index is 0.101. The molecule has 0 radical (unpaired) electrons. The highest BCUT2D eigenvalue weighted by Crippen LogP contribution is 2.28. The molecule has 3 N–H and O–H groups in total. The molecule has 1 aliphatic carbocycles. The Balaban J connectivity index is 1.76. The van der Waals surface area contributed by atoms with Crippen LogP contribution in [0.1, 0.15) is 36.8 Å². The second kappa shape index (κ2) is 7.85. The molecular formula is C18H27N3O3S. The predicted molar refractivity (Wildman–Crippen MR) is 96.6 cm³/mol. The van der Waals surface area contributed by atoms with Gasteiger partial charge in [-0.05, 0) is 61.8 Å². The lowest BCUT2D eigenvalue weighted by Gasteiger charge is -2.31. The van der Waals surface area contributed by atoms with Crippen LogP contribution in [0.4, 0.5) is 0 Å². The van der Waals surface area contributed by atoms with Crippen molar-refractivity contribution in [3.63, 3.8) is 0 Å². The maximum Gasteiger partial charge on any atom is 0.243 e. The van der Waals surface area contributed by atoms with E-state index < -0.39 is 10.0 Å². The first-order valence-electron chi connectivity index (χ1n) is 9.12. The lowest BCUT2D eigenvalue weighted by atomic mass is 9.92. The molecule has 1 fully saturated rings. The van der Waals surface area contributed by atoms with Gasteiger partial charge < -0.3 is 11.1 Å². The number of sulfonamides is 1. The zero-order valence-electron chi connectivity index (χ0n) is 14.5. The number of aryl methyl sites for hydroxylation is 2. The fourth-order valence-electron chi connectivity index (χ4n) is 3.73. The standard InChI is InChI=1S/C18H27N3O3S/c19-9-10-20-18(22)16-6-3-11-21(13-16)25(23,24)17-8-7-14-4-1-2-5-15(14)12-17/h7-8,12,16H,1-6,9-11,13,19H2,(H,20,22). The van der Waals surface area contributed by atoms with E-state index in [0.717, 1.165) is 24.8 Å². The van der Waals surface area contributed by atoms with Crippen molar-refractivity contribution in [3.8, 4) is 0 Å². The molecule has 7 heteroatoms. The number of carbonyl (C=O) groups excluding carboxylic acids is 1. The number of carbonyl (C=O) groups is 1. The minimum atomic E-state index is -3.55. The van der Waals surface area contributed by atoms with Crippen LogP contribution in [0, 0.1) is 5.92 Å². The highest BCUT2D eigenvalue weighted by atomic mass is 32.2. The molecule has 1 aromatic rings. The van der Waals surface area contributed by atoms with E-state index in [4.69, 9.17) is 5.73 Å². The second-order valence-corrected chi connectivity index (χ2v) is 8.86. The first kappa shape index (κ1) is 18.4. The summed E-state index contributed by atoms with van der Waals surface area (Å²) in [5, 5.41) is 2.77. The molecule has 1 aromatic carbocycles. The Labute approximate surface area is 149 Å². The summed E-state index contributed by atoms with van der Waals surface area (Å²) in [6.45, 7) is 1.53. The summed E-state index contributed by atoms with van der Waals surface area (Å²) in [5.41, 5.74) is 7.83. The number of benzene rings is 1. The monoisotopic (exact) mass is 365 g/mol. The Morgan fingerprint density at radius 2 is 1.96 bits per heavy atom. The number of amides is 1. The van der Waals surface area contributed by atoms with Gasteiger partial charge in [-0.3, -0.25) is 4.79 Å². The third kappa shape index (κ3) is 4.04. The van der Waals surface area contributed by atoms with Crippen molar-refractivity contribution in [1.29, 1.82) is 0 Å². The molecule has 138 valence electrons. The zero-order chi connectivity index (χ0) is 17.9. The molecule has 1 aliphatic heterocycles. The van der Waals surface area contributed by atoms with Crippen molar-refractivity contribution in [2.75, 3.05) is 26.2 Å². The van der Waals surface area contributed by atoms with Gasteiger partial charge in [-0.1, -0.05) is 6.07 Å². The maximum atomic E-state index is 13.0. The average Bonchev–Trinajstić information content (AvgIpc) is 2.65. The van der Waals surface area contributed by atoms with E-state index in [-0.39, 0.29) is 18.4 Å². The summed E-state index contributed by atoms with van der Waals surface area (Å²) < 4.78 is 27.5. The van der Waals surface area contributed by atoms with Crippen molar-refractivity contribution >= 4 is 15.9 Å². The first-order chi connectivity index (χ1) is 12.0. The van der Waals surface area contributed by atoms with E-state index in [1.165, 1.54) is 16.3 Å². The van der Waals surface area contributed by atoms with Gasteiger partial charge in [0.2, 0.25) is 15.9 Å². The molecule has 2 aliphatic rings. The van der Waals surface area contributed by atoms with Crippen LogP contribution in [0.5, 0.6) is 0 Å². The summed E-state index contributed by atoms with van der Waals surface area (Å²) in [7, 11) is -3.55. The van der Waals surface area contributed by atoms with Gasteiger partial charge in [0.05, 0.1) is 10.8 Å². The summed E-state index contributed by atoms with van der Waals surface area (Å²) >= 11 is 0. The van der Waals surface area contributed by atoms with Crippen LogP contribution in [0.15, 0.2) is 23.1 Å². The molecule has 1 saturated heterocycles. The Morgan fingerprint density at radius 1 is 1.20 bits per heavy atom. The largest absolute Gasteiger partial charge is 0.355 e. The average molecular weight is 365 g/mol. The number of fused-ring (bicyclic) bond motifs is 1. The Bertz CT molecular complexity index is 733. The highest BCUT2D eigenvalue weighted by molar-refractivity contribution is 7.89. The van der Waals surface area contributed by atoms with E-state index in [0.29, 0.717) is 37.4 Å². The molecule has 0 spiro atoms. The van der Waals surface area contributed by atoms with Gasteiger partial charge in [0, 0.05) is 26.2 Å². The predicted octanol–water partition coefficient (Wildman–Crippen LogP) is 1.04. The number of rotatable bonds is 5. The third-order valence-corrected chi connectivity index (χ3v) is 7.02. The lowest BCUT2D eigenvalue weighted by molar-refractivity contribution is -0.126. The van der Waals surface area contributed by atoms with Crippen LogP contribution < -0.4 is 11.1 Å². The maximum absolute atomic E-state index is 13.0. The number of nitrogens with one attached hydrogen (secondary N) is 1. The first-order valence-corrected chi connectivity index (χ1v) is 10.6. The van der Waals surface area contributed by atoms with E-state index in [1.54, 1.807) is 6.07 Å². The van der Waals surface area contributed by atoms with Crippen molar-refractivity contribution < 1.29 is 13.2 Å². The molecule has 3 rings (SSSR count). The summed E-state index contributed by atoms with van der Waals surface area (Å²) in [5.74, 6) is -0.400. The lowest BCUT2D eigenvalue weighted by Crippen LogP contribution is -2.46. The van der Waals surface area contributed by atoms with Crippen molar-refractivity contribution in [2.45, 2.75) is 43.4 Å². The zero-order valence-corrected chi connectivity index (χ0v) is 15.4. The van der Waals surface area contributed by atoms with Crippen LogP contribution >= 0.6 is 0 Å². The molecule has 0 bridgehead atoms. The van der Waals surface area contributed by atoms with Crippen LogP contribution in [0.2, 0.25) is 0 Å². The molecule has 6 nitrogen and oxygen atoms in total. The summed E-state index contributed by atoms with van der Waals surface area (Å²) in [6, 6.07) is 5.51. The molecule has 1 heterocycles. The minimum Gasteiger partial charge on any atom is -0.355 e. The van der Waals surface area contributed by atoms with Crippen molar-refractivity contribution in [3.05, 3.63) is 29.3 Å². The summed E-state index contributed by atoms with van der Waals surface area (Å²) in [6.07, 6.45) is 5.68. The smallest absolute Gasteiger partial charge is 0.243 e. The number of nitrogens with zero attached hydrogens (tertiary/aromatic N) is 1. The van der Waals surface area contributed by atoms with Gasteiger partial charge in [0.1, 0.15) is 0 Å². The topological polar surface area (TPSA) is 92.5 Å². The quantitative estimate of drug-likeness (QED) is 0.815. The molecule has 1 amide bonds. The van der Waals surface area contributed by atoms with Gasteiger partial charge in [-0.25, -0.2) is 8.42 Å². The van der Waals surface area contributed by atoms with Crippen LogP contribution in [-0.4, -0.2) is 44.8 Å². The molecule has 1 atom stereocenters. The van der Waals surface area contributed by atoms with Crippen molar-refractivity contribution in [2.24, 2.45) is 11.7 Å². The van der Waals surface area contributed by atoms with E-state index in [9.17, 15) is 13.2 Å². The molecule has 25 heavy (non-hydrogen) atoms. The Hall–Kier alpha value is -1.44. The molecular weight excluding hydrogens is 338 g/mol. The normalized spacial score (nSPS) is 21.6. The number of piperidine rings is 1. The van der Waals surface area contributed by atoms with E-state index in [2.05, 4.69) is 5.32 Å². The number of hydrogen-bond donors (Lipinski definition) is 2. The highest BCUT2D eigenvalue weighted by Gasteiger charge is 2.33.